The predicted molar refractivity (Wildman–Crippen MR) is 122 cm³/mol. The number of hydrogen-bond donors (Lipinski definition) is 1. The van der Waals surface area contributed by atoms with Crippen molar-refractivity contribution in [3.8, 4) is 17.5 Å². The van der Waals surface area contributed by atoms with Crippen molar-refractivity contribution in [3.63, 3.8) is 0 Å². The van der Waals surface area contributed by atoms with E-state index in [-0.39, 0.29) is 11.3 Å². The number of aromatic nitrogens is 1. The van der Waals surface area contributed by atoms with E-state index < -0.39 is 10.8 Å². The van der Waals surface area contributed by atoms with E-state index in [2.05, 4.69) is 5.32 Å². The van der Waals surface area contributed by atoms with Gasteiger partial charge in [-0.05, 0) is 62.7 Å². The van der Waals surface area contributed by atoms with Crippen LogP contribution in [-0.2, 0) is 4.79 Å². The highest BCUT2D eigenvalue weighted by atomic mass is 16.6. The van der Waals surface area contributed by atoms with Gasteiger partial charge in [-0.1, -0.05) is 6.07 Å². The summed E-state index contributed by atoms with van der Waals surface area (Å²) in [5.74, 6) is 0.0979. The predicted octanol–water partition coefficient (Wildman–Crippen LogP) is 4.95. The van der Waals surface area contributed by atoms with Gasteiger partial charge in [-0.2, -0.15) is 5.26 Å². The molecule has 32 heavy (non-hydrogen) atoms. The van der Waals surface area contributed by atoms with Gasteiger partial charge >= 0.3 is 0 Å². The van der Waals surface area contributed by atoms with Crippen LogP contribution in [0.5, 0.6) is 5.75 Å². The zero-order valence-electron chi connectivity index (χ0n) is 18.0. The number of nitro groups is 1. The van der Waals surface area contributed by atoms with Crippen LogP contribution in [0.25, 0.3) is 11.8 Å². The number of hydrogen-bond acceptors (Lipinski definition) is 5. The summed E-state index contributed by atoms with van der Waals surface area (Å²) < 4.78 is 7.34. The van der Waals surface area contributed by atoms with Crippen LogP contribution in [0.1, 0.15) is 23.9 Å². The monoisotopic (exact) mass is 430 g/mol. The number of nitrogens with zero attached hydrogens (tertiary/aromatic N) is 3. The fraction of sp³-hybridized carbons (Fsp3) is 0.167. The summed E-state index contributed by atoms with van der Waals surface area (Å²) in [6.07, 6.45) is 1.53. The highest BCUT2D eigenvalue weighted by Gasteiger charge is 2.15. The minimum absolute atomic E-state index is 0.00757. The van der Waals surface area contributed by atoms with E-state index in [1.54, 1.807) is 36.4 Å². The molecule has 0 saturated carbocycles. The van der Waals surface area contributed by atoms with Gasteiger partial charge in [0.25, 0.3) is 11.6 Å². The number of carbonyl (C=O) groups is 1. The Morgan fingerprint density at radius 3 is 2.56 bits per heavy atom. The molecule has 8 heteroatoms. The van der Waals surface area contributed by atoms with Crippen LogP contribution in [0, 0.1) is 35.3 Å². The highest BCUT2D eigenvalue weighted by Crippen LogP contribution is 2.25. The smallest absolute Gasteiger partial charge is 0.269 e. The van der Waals surface area contributed by atoms with Gasteiger partial charge in [-0.3, -0.25) is 14.9 Å². The molecule has 0 atom stereocenters. The summed E-state index contributed by atoms with van der Waals surface area (Å²) in [5, 5.41) is 23.2. The SMILES string of the molecule is CCOc1cccc(NC(=O)C(C#N)=Cc2cc(C)n(-c3ccc([N+](=O)[O-])cc3)c2C)c1. The van der Waals surface area contributed by atoms with Gasteiger partial charge in [0.1, 0.15) is 17.4 Å². The number of ether oxygens (including phenoxy) is 1. The van der Waals surface area contributed by atoms with Crippen molar-refractivity contribution < 1.29 is 14.5 Å². The first-order chi connectivity index (χ1) is 15.3. The Kier molecular flexibility index (Phi) is 6.71. The normalized spacial score (nSPS) is 11.0. The number of nitro benzene ring substituents is 1. The van der Waals surface area contributed by atoms with Crippen molar-refractivity contribution in [1.29, 1.82) is 5.26 Å². The maximum atomic E-state index is 12.7. The van der Waals surface area contributed by atoms with E-state index in [0.717, 1.165) is 17.1 Å². The van der Waals surface area contributed by atoms with Crippen LogP contribution in [-0.4, -0.2) is 22.0 Å². The standard InChI is InChI=1S/C24H22N4O4/c1-4-32-23-7-5-6-20(14-23)26-24(29)19(15-25)13-18-12-16(2)27(17(18)3)21-8-10-22(11-9-21)28(30)31/h5-14H,4H2,1-3H3,(H,26,29). The fourth-order valence-electron chi connectivity index (χ4n) is 3.39. The van der Waals surface area contributed by atoms with E-state index in [9.17, 15) is 20.2 Å². The summed E-state index contributed by atoms with van der Waals surface area (Å²) in [7, 11) is 0. The minimum Gasteiger partial charge on any atom is -0.494 e. The number of nitriles is 1. The largest absolute Gasteiger partial charge is 0.494 e. The lowest BCUT2D eigenvalue weighted by molar-refractivity contribution is -0.384. The summed E-state index contributed by atoms with van der Waals surface area (Å²) >= 11 is 0. The Morgan fingerprint density at radius 1 is 1.22 bits per heavy atom. The molecule has 2 aromatic carbocycles. The average Bonchev–Trinajstić information content (AvgIpc) is 3.05. The molecule has 0 aliphatic heterocycles. The molecule has 162 valence electrons. The number of carbonyl (C=O) groups excluding carboxylic acids is 1. The molecule has 0 radical (unpaired) electrons. The van der Waals surface area contributed by atoms with Crippen molar-refractivity contribution in [3.05, 3.63) is 87.2 Å². The lowest BCUT2D eigenvalue weighted by atomic mass is 10.1. The highest BCUT2D eigenvalue weighted by molar-refractivity contribution is 6.09. The van der Waals surface area contributed by atoms with Gasteiger partial charge in [0.05, 0.1) is 11.5 Å². The molecule has 8 nitrogen and oxygen atoms in total. The van der Waals surface area contributed by atoms with Crippen LogP contribution in [0.3, 0.4) is 0 Å². The van der Waals surface area contributed by atoms with E-state index in [1.807, 2.05) is 37.5 Å². The zero-order valence-corrected chi connectivity index (χ0v) is 18.0. The van der Waals surface area contributed by atoms with Gasteiger partial charge < -0.3 is 14.6 Å². The van der Waals surface area contributed by atoms with Crippen LogP contribution < -0.4 is 10.1 Å². The van der Waals surface area contributed by atoms with Crippen LogP contribution in [0.2, 0.25) is 0 Å². The van der Waals surface area contributed by atoms with E-state index in [1.165, 1.54) is 18.2 Å². The lowest BCUT2D eigenvalue weighted by Gasteiger charge is -2.09. The van der Waals surface area contributed by atoms with E-state index >= 15 is 0 Å². The molecule has 0 aliphatic carbocycles. The van der Waals surface area contributed by atoms with Crippen molar-refractivity contribution in [2.75, 3.05) is 11.9 Å². The number of nitrogens with one attached hydrogen (secondary N) is 1. The molecule has 3 aromatic rings. The minimum atomic E-state index is -0.527. The van der Waals surface area contributed by atoms with Gasteiger partial charge in [-0.15, -0.1) is 0 Å². The van der Waals surface area contributed by atoms with Crippen LogP contribution in [0.15, 0.2) is 60.2 Å². The Hall–Kier alpha value is -4.38. The summed E-state index contributed by atoms with van der Waals surface area (Å²) in [6.45, 7) is 6.12. The molecule has 0 bridgehead atoms. The van der Waals surface area contributed by atoms with Crippen LogP contribution >= 0.6 is 0 Å². The zero-order chi connectivity index (χ0) is 23.3. The van der Waals surface area contributed by atoms with E-state index in [4.69, 9.17) is 4.74 Å². The Balaban J connectivity index is 1.88. The second kappa shape index (κ2) is 9.62. The molecular formula is C24H22N4O4. The third-order valence-corrected chi connectivity index (χ3v) is 4.86. The lowest BCUT2D eigenvalue weighted by Crippen LogP contribution is -2.13. The average molecular weight is 430 g/mol. The molecule has 0 fully saturated rings. The molecule has 0 spiro atoms. The number of rotatable bonds is 7. The van der Waals surface area contributed by atoms with Crippen molar-refractivity contribution >= 4 is 23.4 Å². The number of aryl methyl sites for hydroxylation is 1. The van der Waals surface area contributed by atoms with Gasteiger partial charge in [0.15, 0.2) is 0 Å². The topological polar surface area (TPSA) is 110 Å². The number of benzene rings is 2. The first-order valence-corrected chi connectivity index (χ1v) is 9.93. The maximum Gasteiger partial charge on any atom is 0.269 e. The summed E-state index contributed by atoms with van der Waals surface area (Å²) in [6, 6.07) is 17.0. The Morgan fingerprint density at radius 2 is 1.94 bits per heavy atom. The molecule has 0 aliphatic rings. The first-order valence-electron chi connectivity index (χ1n) is 9.93. The van der Waals surface area contributed by atoms with Gasteiger partial charge in [0.2, 0.25) is 0 Å². The Bertz CT molecular complexity index is 1230. The molecule has 1 N–H and O–H groups in total. The maximum absolute atomic E-state index is 12.7. The molecule has 1 aromatic heterocycles. The molecular weight excluding hydrogens is 408 g/mol. The third kappa shape index (κ3) is 4.84. The number of non-ortho nitro benzene ring substituents is 1. The van der Waals surface area contributed by atoms with E-state index in [0.29, 0.717) is 23.6 Å². The number of anilines is 1. The number of amides is 1. The van der Waals surface area contributed by atoms with Crippen molar-refractivity contribution in [1.82, 2.24) is 4.57 Å². The summed E-state index contributed by atoms with van der Waals surface area (Å²) in [5.41, 5.74) is 3.61. The van der Waals surface area contributed by atoms with Crippen molar-refractivity contribution in [2.45, 2.75) is 20.8 Å². The molecule has 3 rings (SSSR count). The summed E-state index contributed by atoms with van der Waals surface area (Å²) in [4.78, 5) is 23.1. The van der Waals surface area contributed by atoms with Gasteiger partial charge in [0, 0.05) is 41.0 Å². The second-order valence-corrected chi connectivity index (χ2v) is 7.02. The van der Waals surface area contributed by atoms with Gasteiger partial charge in [-0.25, -0.2) is 0 Å². The van der Waals surface area contributed by atoms with Crippen LogP contribution in [0.4, 0.5) is 11.4 Å². The molecule has 1 heterocycles. The second-order valence-electron chi connectivity index (χ2n) is 7.02. The molecule has 1 amide bonds. The molecule has 0 unspecified atom stereocenters. The third-order valence-electron chi connectivity index (χ3n) is 4.86. The quantitative estimate of drug-likeness (QED) is 0.247. The fourth-order valence-corrected chi connectivity index (χ4v) is 3.39. The molecule has 0 saturated heterocycles. The van der Waals surface area contributed by atoms with Crippen molar-refractivity contribution in [2.24, 2.45) is 0 Å². The Labute approximate surface area is 185 Å². The first kappa shape index (κ1) is 22.3.